The molecule has 0 fully saturated rings. The molecule has 0 aliphatic rings. The van der Waals surface area contributed by atoms with E-state index in [0.717, 1.165) is 4.88 Å². The summed E-state index contributed by atoms with van der Waals surface area (Å²) in [6, 6.07) is 3.20. The highest BCUT2D eigenvalue weighted by molar-refractivity contribution is 7.09. The van der Waals surface area contributed by atoms with E-state index in [4.69, 9.17) is 5.11 Å². The zero-order chi connectivity index (χ0) is 12.3. The molecule has 1 unspecified atom stereocenters. The second-order valence-corrected chi connectivity index (χ2v) is 4.71. The van der Waals surface area contributed by atoms with Crippen molar-refractivity contribution in [3.05, 3.63) is 40.3 Å². The zero-order valence-corrected chi connectivity index (χ0v) is 10.1. The zero-order valence-electron chi connectivity index (χ0n) is 9.33. The van der Waals surface area contributed by atoms with Crippen molar-refractivity contribution < 1.29 is 9.90 Å². The highest BCUT2D eigenvalue weighted by Crippen LogP contribution is 2.14. The summed E-state index contributed by atoms with van der Waals surface area (Å²) in [7, 11) is 1.77. The SMILES string of the molecule is Cn1cc(C(NCc2cccs2)C(=O)O)cn1. The average molecular weight is 251 g/mol. The first-order chi connectivity index (χ1) is 8.16. The molecule has 2 rings (SSSR count). The Morgan fingerprint density at radius 1 is 1.71 bits per heavy atom. The lowest BCUT2D eigenvalue weighted by atomic mass is 10.1. The van der Waals surface area contributed by atoms with Crippen molar-refractivity contribution in [2.45, 2.75) is 12.6 Å². The molecular weight excluding hydrogens is 238 g/mol. The standard InChI is InChI=1S/C11H13N3O2S/c1-14-7-8(5-13-14)10(11(15)16)12-6-9-3-2-4-17-9/h2-5,7,10,12H,6H2,1H3,(H,15,16). The molecule has 2 aromatic heterocycles. The maximum absolute atomic E-state index is 11.2. The van der Waals surface area contributed by atoms with Gasteiger partial charge in [-0.3, -0.25) is 14.8 Å². The van der Waals surface area contributed by atoms with Crippen LogP contribution in [-0.2, 0) is 18.4 Å². The largest absolute Gasteiger partial charge is 0.480 e. The molecule has 6 heteroatoms. The van der Waals surface area contributed by atoms with Crippen LogP contribution in [-0.4, -0.2) is 20.9 Å². The number of carboxylic acid groups (broad SMARTS) is 1. The molecule has 2 heterocycles. The predicted molar refractivity (Wildman–Crippen MR) is 64.7 cm³/mol. The number of thiophene rings is 1. The molecule has 0 amide bonds. The number of aliphatic carboxylic acids is 1. The number of carboxylic acids is 1. The number of aromatic nitrogens is 2. The maximum Gasteiger partial charge on any atom is 0.325 e. The first-order valence-electron chi connectivity index (χ1n) is 5.14. The number of nitrogens with one attached hydrogen (secondary N) is 1. The van der Waals surface area contributed by atoms with E-state index in [0.29, 0.717) is 12.1 Å². The lowest BCUT2D eigenvalue weighted by molar-refractivity contribution is -0.139. The number of aryl methyl sites for hydroxylation is 1. The molecule has 0 aliphatic carbocycles. The van der Waals surface area contributed by atoms with Crippen molar-refractivity contribution in [3.63, 3.8) is 0 Å². The lowest BCUT2D eigenvalue weighted by Gasteiger charge is -2.11. The van der Waals surface area contributed by atoms with Crippen molar-refractivity contribution in [2.75, 3.05) is 0 Å². The van der Waals surface area contributed by atoms with Gasteiger partial charge in [-0.25, -0.2) is 0 Å². The van der Waals surface area contributed by atoms with E-state index in [9.17, 15) is 4.79 Å². The van der Waals surface area contributed by atoms with Gasteiger partial charge >= 0.3 is 5.97 Å². The first kappa shape index (κ1) is 11.8. The van der Waals surface area contributed by atoms with Crippen LogP contribution in [0, 0.1) is 0 Å². The van der Waals surface area contributed by atoms with Crippen LogP contribution in [0.2, 0.25) is 0 Å². The van der Waals surface area contributed by atoms with Crippen molar-refractivity contribution in [1.29, 1.82) is 0 Å². The smallest absolute Gasteiger partial charge is 0.325 e. The second kappa shape index (κ2) is 5.11. The molecule has 5 nitrogen and oxygen atoms in total. The summed E-state index contributed by atoms with van der Waals surface area (Å²) in [6.07, 6.45) is 3.28. The molecule has 0 saturated carbocycles. The summed E-state index contributed by atoms with van der Waals surface area (Å²) in [4.78, 5) is 12.3. The van der Waals surface area contributed by atoms with Gasteiger partial charge in [0.1, 0.15) is 6.04 Å². The summed E-state index contributed by atoms with van der Waals surface area (Å²) in [5.41, 5.74) is 0.663. The van der Waals surface area contributed by atoms with Gasteiger partial charge in [0.15, 0.2) is 0 Å². The van der Waals surface area contributed by atoms with Crippen molar-refractivity contribution in [3.8, 4) is 0 Å². The van der Waals surface area contributed by atoms with Gasteiger partial charge in [-0.2, -0.15) is 5.10 Å². The number of carbonyl (C=O) groups is 1. The van der Waals surface area contributed by atoms with Crippen LogP contribution in [0.15, 0.2) is 29.9 Å². The quantitative estimate of drug-likeness (QED) is 0.843. The Morgan fingerprint density at radius 2 is 2.53 bits per heavy atom. The molecule has 1 atom stereocenters. The van der Waals surface area contributed by atoms with Crippen LogP contribution in [0.25, 0.3) is 0 Å². The van der Waals surface area contributed by atoms with Crippen LogP contribution in [0.4, 0.5) is 0 Å². The number of hydrogen-bond donors (Lipinski definition) is 2. The Bertz CT molecular complexity index is 493. The first-order valence-corrected chi connectivity index (χ1v) is 6.02. The fourth-order valence-corrected chi connectivity index (χ4v) is 2.21. The minimum absolute atomic E-state index is 0.545. The minimum Gasteiger partial charge on any atom is -0.480 e. The van der Waals surface area contributed by atoms with Gasteiger partial charge in [0.05, 0.1) is 6.20 Å². The fraction of sp³-hybridized carbons (Fsp3) is 0.273. The van der Waals surface area contributed by atoms with Crippen LogP contribution in [0.1, 0.15) is 16.5 Å². The van der Waals surface area contributed by atoms with E-state index < -0.39 is 12.0 Å². The number of rotatable bonds is 5. The Balaban J connectivity index is 2.05. The van der Waals surface area contributed by atoms with E-state index in [1.54, 1.807) is 35.5 Å². The molecule has 0 aliphatic heterocycles. The van der Waals surface area contributed by atoms with E-state index in [-0.39, 0.29) is 0 Å². The molecule has 0 radical (unpaired) electrons. The van der Waals surface area contributed by atoms with Crippen molar-refractivity contribution in [1.82, 2.24) is 15.1 Å². The molecule has 0 saturated heterocycles. The van der Waals surface area contributed by atoms with Gasteiger partial charge in [-0.1, -0.05) is 6.07 Å². The Labute approximate surface area is 103 Å². The average Bonchev–Trinajstić information content (AvgIpc) is 2.90. The van der Waals surface area contributed by atoms with Gasteiger partial charge in [0.25, 0.3) is 0 Å². The summed E-state index contributed by atoms with van der Waals surface area (Å²) < 4.78 is 1.60. The van der Waals surface area contributed by atoms with Gasteiger partial charge in [-0.05, 0) is 11.4 Å². The summed E-state index contributed by atoms with van der Waals surface area (Å²) >= 11 is 1.60. The normalized spacial score (nSPS) is 12.5. The molecule has 17 heavy (non-hydrogen) atoms. The highest BCUT2D eigenvalue weighted by atomic mass is 32.1. The van der Waals surface area contributed by atoms with Gasteiger partial charge in [0.2, 0.25) is 0 Å². The van der Waals surface area contributed by atoms with E-state index in [1.807, 2.05) is 17.5 Å². The third kappa shape index (κ3) is 2.92. The van der Waals surface area contributed by atoms with Crippen LogP contribution in [0.3, 0.4) is 0 Å². The van der Waals surface area contributed by atoms with Crippen molar-refractivity contribution >= 4 is 17.3 Å². The van der Waals surface area contributed by atoms with Crippen LogP contribution < -0.4 is 5.32 Å². The second-order valence-electron chi connectivity index (χ2n) is 3.68. The molecule has 90 valence electrons. The number of nitrogens with zero attached hydrogens (tertiary/aromatic N) is 2. The summed E-state index contributed by atoms with van der Waals surface area (Å²) in [5, 5.41) is 18.1. The van der Waals surface area contributed by atoms with Gasteiger partial charge in [0, 0.05) is 30.2 Å². The Hall–Kier alpha value is -1.66. The molecule has 0 spiro atoms. The van der Waals surface area contributed by atoms with Crippen LogP contribution >= 0.6 is 11.3 Å². The Morgan fingerprint density at radius 3 is 3.06 bits per heavy atom. The fourth-order valence-electron chi connectivity index (χ4n) is 1.55. The lowest BCUT2D eigenvalue weighted by Crippen LogP contribution is -2.27. The van der Waals surface area contributed by atoms with E-state index in [2.05, 4.69) is 10.4 Å². The third-order valence-electron chi connectivity index (χ3n) is 2.37. The maximum atomic E-state index is 11.2. The molecular formula is C11H13N3O2S. The predicted octanol–water partition coefficient (Wildman–Crippen LogP) is 1.40. The van der Waals surface area contributed by atoms with E-state index >= 15 is 0 Å². The summed E-state index contributed by atoms with van der Waals surface area (Å²) in [5.74, 6) is -0.894. The molecule has 0 aromatic carbocycles. The van der Waals surface area contributed by atoms with E-state index in [1.165, 1.54) is 0 Å². The number of hydrogen-bond acceptors (Lipinski definition) is 4. The van der Waals surface area contributed by atoms with Crippen molar-refractivity contribution in [2.24, 2.45) is 7.05 Å². The monoisotopic (exact) mass is 251 g/mol. The Kier molecular flexibility index (Phi) is 3.55. The highest BCUT2D eigenvalue weighted by Gasteiger charge is 2.20. The minimum atomic E-state index is -0.894. The van der Waals surface area contributed by atoms with Crippen LogP contribution in [0.5, 0.6) is 0 Å². The van der Waals surface area contributed by atoms with Gasteiger partial charge in [-0.15, -0.1) is 11.3 Å². The third-order valence-corrected chi connectivity index (χ3v) is 3.24. The molecule has 2 aromatic rings. The van der Waals surface area contributed by atoms with Gasteiger partial charge < -0.3 is 5.11 Å². The molecule has 0 bridgehead atoms. The topological polar surface area (TPSA) is 67.2 Å². The summed E-state index contributed by atoms with van der Waals surface area (Å²) in [6.45, 7) is 0.545. The molecule has 2 N–H and O–H groups in total.